The van der Waals surface area contributed by atoms with Gasteiger partial charge in [-0.2, -0.15) is 0 Å². The summed E-state index contributed by atoms with van der Waals surface area (Å²) in [5.41, 5.74) is 3.69. The molecule has 3 nitrogen and oxygen atoms in total. The molecule has 2 aromatic rings. The van der Waals surface area contributed by atoms with Gasteiger partial charge in [0.25, 0.3) is 0 Å². The molecule has 0 aromatic heterocycles. The fourth-order valence-electron chi connectivity index (χ4n) is 5.63. The molecule has 0 bridgehead atoms. The average molecular weight is 499 g/mol. The molecule has 2 aliphatic carbocycles. The molecule has 4 heteroatoms. The van der Waals surface area contributed by atoms with Gasteiger partial charge in [0.2, 0.25) is 5.91 Å². The van der Waals surface area contributed by atoms with Crippen LogP contribution in [-0.4, -0.2) is 19.6 Å². The third-order valence-electron chi connectivity index (χ3n) is 7.52. The van der Waals surface area contributed by atoms with Crippen molar-refractivity contribution in [2.75, 3.05) is 18.6 Å². The summed E-state index contributed by atoms with van der Waals surface area (Å²) in [6.07, 6.45) is 10.5. The second-order valence-electron chi connectivity index (χ2n) is 9.71. The van der Waals surface area contributed by atoms with E-state index in [1.807, 2.05) is 12.1 Å². The van der Waals surface area contributed by atoms with Crippen LogP contribution < -0.4 is 9.64 Å². The summed E-state index contributed by atoms with van der Waals surface area (Å²) in [6, 6.07) is 14.9. The van der Waals surface area contributed by atoms with Crippen molar-refractivity contribution in [3.63, 3.8) is 0 Å². The molecule has 32 heavy (non-hydrogen) atoms. The van der Waals surface area contributed by atoms with Crippen molar-refractivity contribution in [1.82, 2.24) is 0 Å². The maximum atomic E-state index is 13.6. The lowest BCUT2D eigenvalue weighted by Gasteiger charge is -2.35. The molecule has 2 saturated carbocycles. The molecule has 0 spiro atoms. The Hall–Kier alpha value is -1.81. The van der Waals surface area contributed by atoms with Crippen LogP contribution in [0, 0.1) is 18.8 Å². The van der Waals surface area contributed by atoms with Crippen LogP contribution in [0.3, 0.4) is 0 Å². The smallest absolute Gasteiger partial charge is 0.230 e. The van der Waals surface area contributed by atoms with Gasteiger partial charge in [-0.3, -0.25) is 4.79 Å². The molecule has 1 amide bonds. The minimum absolute atomic E-state index is 0.196. The monoisotopic (exact) mass is 497 g/mol. The van der Waals surface area contributed by atoms with Crippen molar-refractivity contribution in [3.05, 3.63) is 58.1 Å². The van der Waals surface area contributed by atoms with Crippen LogP contribution >= 0.6 is 15.9 Å². The fraction of sp³-hybridized carbons (Fsp3) is 0.536. The Morgan fingerprint density at radius 1 is 1.00 bits per heavy atom. The van der Waals surface area contributed by atoms with Crippen LogP contribution in [0.4, 0.5) is 5.69 Å². The molecule has 4 rings (SSSR count). The number of aryl methyl sites for hydroxylation is 1. The molecule has 0 unspecified atom stereocenters. The highest BCUT2D eigenvalue weighted by molar-refractivity contribution is 9.10. The van der Waals surface area contributed by atoms with E-state index in [1.54, 1.807) is 7.11 Å². The highest BCUT2D eigenvalue weighted by atomic mass is 79.9. The van der Waals surface area contributed by atoms with Crippen LogP contribution in [0.15, 0.2) is 46.9 Å². The minimum atomic E-state index is 0.196. The Kier molecular flexibility index (Phi) is 7.93. The topological polar surface area (TPSA) is 29.5 Å². The van der Waals surface area contributed by atoms with E-state index < -0.39 is 0 Å². The maximum Gasteiger partial charge on any atom is 0.230 e. The summed E-state index contributed by atoms with van der Waals surface area (Å²) in [5.74, 6) is 2.69. The molecular weight excluding hydrogens is 462 g/mol. The van der Waals surface area contributed by atoms with Crippen LogP contribution in [-0.2, 0) is 4.79 Å². The number of carbonyl (C=O) groups excluding carboxylic acids is 1. The molecule has 0 saturated heterocycles. The molecule has 2 aromatic carbocycles. The molecule has 0 heterocycles. The number of hydrogen-bond acceptors (Lipinski definition) is 2. The van der Waals surface area contributed by atoms with E-state index >= 15 is 0 Å². The van der Waals surface area contributed by atoms with Gasteiger partial charge < -0.3 is 9.64 Å². The fourth-order valence-corrected chi connectivity index (χ4v) is 6.02. The second-order valence-corrected chi connectivity index (χ2v) is 10.6. The number of nitrogens with zero attached hydrogens (tertiary/aromatic N) is 1. The lowest BCUT2D eigenvalue weighted by molar-refractivity contribution is -0.123. The normalized spacial score (nSPS) is 21.8. The maximum absolute atomic E-state index is 13.6. The van der Waals surface area contributed by atoms with Gasteiger partial charge in [-0.15, -0.1) is 0 Å². The SMILES string of the molecule is COc1ccc([C@H]2CC[C@H](CN(C(=O)C3CCCCC3)c3cccc(Br)c3)CC2)cc1C. The Morgan fingerprint density at radius 3 is 2.41 bits per heavy atom. The van der Waals surface area contributed by atoms with E-state index in [-0.39, 0.29) is 5.92 Å². The number of halogens is 1. The third-order valence-corrected chi connectivity index (χ3v) is 8.01. The van der Waals surface area contributed by atoms with E-state index in [0.29, 0.717) is 17.7 Å². The zero-order valence-electron chi connectivity index (χ0n) is 19.5. The van der Waals surface area contributed by atoms with Crippen LogP contribution in [0.2, 0.25) is 0 Å². The first-order valence-corrected chi connectivity index (χ1v) is 13.1. The van der Waals surface area contributed by atoms with E-state index in [1.165, 1.54) is 56.1 Å². The minimum Gasteiger partial charge on any atom is -0.496 e. The van der Waals surface area contributed by atoms with Crippen LogP contribution in [0.5, 0.6) is 5.75 Å². The number of carbonyl (C=O) groups is 1. The quantitative estimate of drug-likeness (QED) is 0.409. The second kappa shape index (κ2) is 10.9. The molecule has 2 fully saturated rings. The van der Waals surface area contributed by atoms with Crippen molar-refractivity contribution in [2.45, 2.75) is 70.6 Å². The number of methoxy groups -OCH3 is 1. The van der Waals surface area contributed by atoms with Gasteiger partial charge in [0.05, 0.1) is 7.11 Å². The standard InChI is InChI=1S/C28H36BrNO2/c1-20-17-24(15-16-27(20)32-2)22-13-11-21(12-14-22)19-30(26-10-6-9-25(29)18-26)28(31)23-7-4-3-5-8-23/h6,9-10,15-18,21-23H,3-5,7-8,11-14,19H2,1-2H3/t21-,22-. The van der Waals surface area contributed by atoms with Gasteiger partial charge in [-0.1, -0.05) is 53.4 Å². The summed E-state index contributed by atoms with van der Waals surface area (Å²) >= 11 is 3.60. The van der Waals surface area contributed by atoms with E-state index in [9.17, 15) is 4.79 Å². The number of anilines is 1. The van der Waals surface area contributed by atoms with Crippen LogP contribution in [0.1, 0.15) is 74.8 Å². The molecule has 0 N–H and O–H groups in total. The lowest BCUT2D eigenvalue weighted by Crippen LogP contribution is -2.41. The summed E-state index contributed by atoms with van der Waals surface area (Å²) < 4.78 is 6.47. The van der Waals surface area contributed by atoms with Crippen molar-refractivity contribution < 1.29 is 9.53 Å². The molecule has 2 aliphatic rings. The highest BCUT2D eigenvalue weighted by Crippen LogP contribution is 2.38. The van der Waals surface area contributed by atoms with Gasteiger partial charge in [0.1, 0.15) is 5.75 Å². The first kappa shape index (κ1) is 23.4. The number of hydrogen-bond donors (Lipinski definition) is 0. The van der Waals surface area contributed by atoms with E-state index in [2.05, 4.69) is 58.1 Å². The van der Waals surface area contributed by atoms with Gasteiger partial charge in [0.15, 0.2) is 0 Å². The molecule has 0 aliphatic heterocycles. The lowest BCUT2D eigenvalue weighted by atomic mass is 9.78. The molecule has 172 valence electrons. The molecule has 0 atom stereocenters. The number of amides is 1. The Labute approximate surface area is 201 Å². The number of rotatable bonds is 6. The zero-order chi connectivity index (χ0) is 22.5. The highest BCUT2D eigenvalue weighted by Gasteiger charge is 2.31. The third kappa shape index (κ3) is 5.57. The van der Waals surface area contributed by atoms with E-state index in [0.717, 1.165) is 35.3 Å². The molecule has 0 radical (unpaired) electrons. The summed E-state index contributed by atoms with van der Waals surface area (Å²) in [6.45, 7) is 2.97. The van der Waals surface area contributed by atoms with Crippen molar-refractivity contribution in [3.8, 4) is 5.75 Å². The number of benzene rings is 2. The van der Waals surface area contributed by atoms with Gasteiger partial charge >= 0.3 is 0 Å². The van der Waals surface area contributed by atoms with Gasteiger partial charge in [-0.25, -0.2) is 0 Å². The zero-order valence-corrected chi connectivity index (χ0v) is 21.1. The first-order chi connectivity index (χ1) is 15.5. The van der Waals surface area contributed by atoms with Crippen LogP contribution in [0.25, 0.3) is 0 Å². The average Bonchev–Trinajstić information content (AvgIpc) is 2.83. The van der Waals surface area contributed by atoms with Gasteiger partial charge in [0, 0.05) is 22.6 Å². The summed E-state index contributed by atoms with van der Waals surface area (Å²) in [7, 11) is 1.73. The summed E-state index contributed by atoms with van der Waals surface area (Å²) in [5, 5.41) is 0. The summed E-state index contributed by atoms with van der Waals surface area (Å²) in [4.78, 5) is 15.7. The Balaban J connectivity index is 1.43. The predicted octanol–water partition coefficient (Wildman–Crippen LogP) is 7.65. The van der Waals surface area contributed by atoms with E-state index in [4.69, 9.17) is 4.74 Å². The van der Waals surface area contributed by atoms with Crippen molar-refractivity contribution in [1.29, 1.82) is 0 Å². The predicted molar refractivity (Wildman–Crippen MR) is 135 cm³/mol. The molecular formula is C28H36BrNO2. The van der Waals surface area contributed by atoms with Crippen molar-refractivity contribution in [2.24, 2.45) is 11.8 Å². The Bertz CT molecular complexity index is 913. The van der Waals surface area contributed by atoms with Gasteiger partial charge in [-0.05, 0) is 92.7 Å². The Morgan fingerprint density at radius 2 is 1.75 bits per heavy atom. The number of ether oxygens (including phenoxy) is 1. The largest absolute Gasteiger partial charge is 0.496 e. The van der Waals surface area contributed by atoms with Crippen molar-refractivity contribution >= 4 is 27.5 Å². The first-order valence-electron chi connectivity index (χ1n) is 12.3.